The number of imide groups is 1. The maximum atomic E-state index is 12.4. The quantitative estimate of drug-likeness (QED) is 0.267. The smallest absolute Gasteiger partial charge is 0.400 e. The Morgan fingerprint density at radius 1 is 1.00 bits per heavy atom. The Morgan fingerprint density at radius 2 is 1.55 bits per heavy atom. The van der Waals surface area contributed by atoms with Gasteiger partial charge in [0.05, 0.1) is 22.3 Å². The van der Waals surface area contributed by atoms with Crippen LogP contribution in [0.2, 0.25) is 0 Å². The summed E-state index contributed by atoms with van der Waals surface area (Å²) >= 11 is 0. The lowest BCUT2D eigenvalue weighted by Gasteiger charge is -2.32. The molecule has 0 saturated carbocycles. The first kappa shape index (κ1) is 23.9. The average Bonchev–Trinajstić information content (AvgIpc) is 3.04. The van der Waals surface area contributed by atoms with Crippen LogP contribution in [0.5, 0.6) is 0 Å². The molecule has 9 heteroatoms. The van der Waals surface area contributed by atoms with Crippen LogP contribution in [-0.4, -0.2) is 58.8 Å². The van der Waals surface area contributed by atoms with Gasteiger partial charge in [-0.2, -0.15) is 0 Å². The topological polar surface area (TPSA) is 93.1 Å². The number of rotatable bonds is 9. The van der Waals surface area contributed by atoms with Crippen molar-refractivity contribution >= 4 is 26.3 Å². The van der Waals surface area contributed by atoms with Gasteiger partial charge in [0.2, 0.25) is 7.37 Å². The molecule has 0 spiro atoms. The summed E-state index contributed by atoms with van der Waals surface area (Å²) in [4.78, 5) is 36.1. The third-order valence-electron chi connectivity index (χ3n) is 6.22. The average molecular weight is 447 g/mol. The van der Waals surface area contributed by atoms with Crippen LogP contribution in [-0.2, 0) is 13.9 Å². The molecule has 1 fully saturated rings. The third-order valence-corrected chi connectivity index (χ3v) is 8.02. The van der Waals surface area contributed by atoms with E-state index in [1.807, 2.05) is 27.7 Å². The summed E-state index contributed by atoms with van der Waals surface area (Å²) in [6, 6.07) is 6.81. The predicted octanol–water partition coefficient (Wildman–Crippen LogP) is 3.91. The van der Waals surface area contributed by atoms with Crippen LogP contribution in [0.25, 0.3) is 0 Å². The minimum Gasteiger partial charge on any atom is -0.400 e. The molecule has 1 saturated heterocycles. The largest absolute Gasteiger partial charge is 0.486 e. The van der Waals surface area contributed by atoms with Gasteiger partial charge < -0.3 is 14.2 Å². The molecular formula is C22H31BNO6P. The summed E-state index contributed by atoms with van der Waals surface area (Å²) in [5.41, 5.74) is 0.0108. The molecule has 31 heavy (non-hydrogen) atoms. The van der Waals surface area contributed by atoms with Crippen molar-refractivity contribution in [1.29, 1.82) is 0 Å². The molecule has 2 heterocycles. The molecule has 0 bridgehead atoms. The SMILES string of the molecule is CC1(C)OB(C=CCP(=O)(O)CCCCCN2C(=O)c3ccccc3C2=O)OC1(C)C. The van der Waals surface area contributed by atoms with Crippen LogP contribution in [0, 0.1) is 0 Å². The molecule has 168 valence electrons. The van der Waals surface area contributed by atoms with Crippen molar-refractivity contribution in [1.82, 2.24) is 4.90 Å². The van der Waals surface area contributed by atoms with Gasteiger partial charge in [-0.05, 0) is 52.7 Å². The number of nitrogens with zero attached hydrogens (tertiary/aromatic N) is 1. The van der Waals surface area contributed by atoms with Crippen LogP contribution >= 0.6 is 7.37 Å². The van der Waals surface area contributed by atoms with E-state index in [4.69, 9.17) is 9.31 Å². The second-order valence-corrected chi connectivity index (χ2v) is 11.7. The number of unbranched alkanes of at least 4 members (excludes halogenated alkanes) is 2. The number of fused-ring (bicyclic) bond motifs is 1. The number of amides is 2. The van der Waals surface area contributed by atoms with E-state index >= 15 is 0 Å². The highest BCUT2D eigenvalue weighted by atomic mass is 31.2. The zero-order valence-corrected chi connectivity index (χ0v) is 19.6. The molecule has 2 aliphatic rings. The van der Waals surface area contributed by atoms with Gasteiger partial charge in [0.25, 0.3) is 11.8 Å². The van der Waals surface area contributed by atoms with E-state index < -0.39 is 25.7 Å². The van der Waals surface area contributed by atoms with Gasteiger partial charge in [0.1, 0.15) is 0 Å². The Labute approximate surface area is 184 Å². The summed E-state index contributed by atoms with van der Waals surface area (Å²) in [5, 5.41) is 0. The van der Waals surface area contributed by atoms with Crippen molar-refractivity contribution in [2.24, 2.45) is 0 Å². The molecule has 1 atom stereocenters. The van der Waals surface area contributed by atoms with E-state index in [1.165, 1.54) is 4.90 Å². The fraction of sp³-hybridized carbons (Fsp3) is 0.545. The van der Waals surface area contributed by atoms with Crippen molar-refractivity contribution in [2.75, 3.05) is 18.9 Å². The molecule has 0 aliphatic carbocycles. The zero-order chi connectivity index (χ0) is 22.9. The van der Waals surface area contributed by atoms with E-state index in [0.29, 0.717) is 36.9 Å². The molecule has 1 aromatic carbocycles. The Bertz CT molecular complexity index is 877. The molecule has 1 unspecified atom stereocenters. The number of carbonyl (C=O) groups is 2. The van der Waals surface area contributed by atoms with E-state index in [-0.39, 0.29) is 24.1 Å². The number of allylic oxidation sites excluding steroid dienone is 1. The van der Waals surface area contributed by atoms with Crippen LogP contribution in [0.15, 0.2) is 36.3 Å². The Morgan fingerprint density at radius 3 is 2.10 bits per heavy atom. The highest BCUT2D eigenvalue weighted by Crippen LogP contribution is 2.42. The van der Waals surface area contributed by atoms with E-state index in [2.05, 4.69) is 0 Å². The maximum Gasteiger partial charge on any atom is 0.486 e. The normalized spacial score (nSPS) is 21.7. The lowest BCUT2D eigenvalue weighted by Crippen LogP contribution is -2.41. The first-order chi connectivity index (χ1) is 14.4. The van der Waals surface area contributed by atoms with E-state index in [1.54, 1.807) is 36.3 Å². The van der Waals surface area contributed by atoms with Crippen LogP contribution < -0.4 is 0 Å². The molecule has 3 rings (SSSR count). The molecule has 2 aliphatic heterocycles. The number of hydrogen-bond donors (Lipinski definition) is 1. The molecule has 0 radical (unpaired) electrons. The predicted molar refractivity (Wildman–Crippen MR) is 120 cm³/mol. The minimum atomic E-state index is -3.30. The van der Waals surface area contributed by atoms with E-state index in [9.17, 15) is 19.0 Å². The summed E-state index contributed by atoms with van der Waals surface area (Å²) in [5.74, 6) is 1.17. The van der Waals surface area contributed by atoms with Gasteiger partial charge >= 0.3 is 7.12 Å². The van der Waals surface area contributed by atoms with Crippen LogP contribution in [0.3, 0.4) is 0 Å². The molecule has 2 amide bonds. The third kappa shape index (κ3) is 5.37. The lowest BCUT2D eigenvalue weighted by molar-refractivity contribution is 0.00578. The van der Waals surface area contributed by atoms with Gasteiger partial charge in [-0.15, -0.1) is 0 Å². The van der Waals surface area contributed by atoms with Gasteiger partial charge in [-0.3, -0.25) is 19.1 Å². The van der Waals surface area contributed by atoms with Gasteiger partial charge in [0, 0.05) is 18.9 Å². The molecule has 7 nitrogen and oxygen atoms in total. The van der Waals surface area contributed by atoms with Crippen molar-refractivity contribution < 1.29 is 28.4 Å². The van der Waals surface area contributed by atoms with Gasteiger partial charge in [0.15, 0.2) is 0 Å². The van der Waals surface area contributed by atoms with Crippen molar-refractivity contribution in [3.05, 3.63) is 47.4 Å². The summed E-state index contributed by atoms with van der Waals surface area (Å²) in [7, 11) is -3.82. The van der Waals surface area contributed by atoms with Gasteiger partial charge in [-0.25, -0.2) is 0 Å². The number of hydrogen-bond acceptors (Lipinski definition) is 5. The second kappa shape index (κ2) is 9.03. The Hall–Kier alpha value is -1.73. The number of carbonyl (C=O) groups excluding carboxylic acids is 2. The van der Waals surface area contributed by atoms with Crippen molar-refractivity contribution in [2.45, 2.75) is 58.2 Å². The fourth-order valence-electron chi connectivity index (χ4n) is 3.64. The maximum absolute atomic E-state index is 12.4. The lowest BCUT2D eigenvalue weighted by atomic mass is 9.90. The zero-order valence-electron chi connectivity index (χ0n) is 18.7. The van der Waals surface area contributed by atoms with Crippen molar-refractivity contribution in [3.8, 4) is 0 Å². The highest BCUT2D eigenvalue weighted by Gasteiger charge is 2.50. The van der Waals surface area contributed by atoms with E-state index in [0.717, 1.165) is 0 Å². The minimum absolute atomic E-state index is 0.0650. The summed E-state index contributed by atoms with van der Waals surface area (Å²) in [6.07, 6.45) is 3.75. The Kier molecular flexibility index (Phi) is 6.97. The fourth-order valence-corrected chi connectivity index (χ4v) is 4.99. The molecule has 1 aromatic rings. The molecular weight excluding hydrogens is 416 g/mol. The standard InChI is InChI=1S/C22H31BNO6P/c1-21(2)22(3,4)30-23(29-21)13-10-16-31(27,28)15-9-5-8-14-24-19(25)17-11-6-7-12-18(17)20(24)26/h6-7,10-13H,5,8-9,14-16H2,1-4H3,(H,27,28). The summed E-state index contributed by atoms with van der Waals surface area (Å²) in [6.45, 7) is 8.16. The van der Waals surface area contributed by atoms with Crippen LogP contribution in [0.4, 0.5) is 0 Å². The summed E-state index contributed by atoms with van der Waals surface area (Å²) < 4.78 is 24.1. The molecule has 1 N–H and O–H groups in total. The van der Waals surface area contributed by atoms with Gasteiger partial charge in [-0.1, -0.05) is 30.6 Å². The highest BCUT2D eigenvalue weighted by molar-refractivity contribution is 7.58. The second-order valence-electron chi connectivity index (χ2n) is 9.17. The number of benzene rings is 1. The first-order valence-corrected chi connectivity index (χ1v) is 12.7. The van der Waals surface area contributed by atoms with Crippen LogP contribution in [0.1, 0.15) is 67.7 Å². The monoisotopic (exact) mass is 447 g/mol. The Balaban J connectivity index is 1.37. The first-order valence-electron chi connectivity index (χ1n) is 10.7. The molecule has 0 aromatic heterocycles. The van der Waals surface area contributed by atoms with Crippen molar-refractivity contribution in [3.63, 3.8) is 0 Å².